The smallest absolute Gasteiger partial charge is 0.293 e. The molecule has 1 aliphatic rings. The summed E-state index contributed by atoms with van der Waals surface area (Å²) in [7, 11) is 0. The molecule has 2 heterocycles. The monoisotopic (exact) mass is 436 g/mol. The van der Waals surface area contributed by atoms with Crippen LogP contribution in [0.5, 0.6) is 11.6 Å². The highest BCUT2D eigenvalue weighted by atomic mass is 32.2. The van der Waals surface area contributed by atoms with E-state index in [0.29, 0.717) is 35.1 Å². The Morgan fingerprint density at radius 3 is 2.71 bits per heavy atom. The maximum absolute atomic E-state index is 13.2. The van der Waals surface area contributed by atoms with Crippen LogP contribution in [0.2, 0.25) is 0 Å². The molecule has 0 saturated heterocycles. The number of hydrogen-bond acceptors (Lipinski definition) is 6. The maximum atomic E-state index is 13.2. The molecule has 0 radical (unpaired) electrons. The van der Waals surface area contributed by atoms with Crippen molar-refractivity contribution in [3.05, 3.63) is 53.6 Å². The molecule has 0 N–H and O–H groups in total. The fraction of sp³-hybridized carbons (Fsp3) is 0.304. The maximum Gasteiger partial charge on any atom is 0.293 e. The number of fused-ring (bicyclic) bond motifs is 3. The fourth-order valence-electron chi connectivity index (χ4n) is 3.91. The van der Waals surface area contributed by atoms with Crippen LogP contribution in [0.25, 0.3) is 11.3 Å². The van der Waals surface area contributed by atoms with Gasteiger partial charge in [-0.1, -0.05) is 35.5 Å². The summed E-state index contributed by atoms with van der Waals surface area (Å²) < 4.78 is 7.33. The van der Waals surface area contributed by atoms with Crippen molar-refractivity contribution >= 4 is 23.4 Å². The van der Waals surface area contributed by atoms with E-state index in [0.717, 1.165) is 16.9 Å². The van der Waals surface area contributed by atoms with Crippen LogP contribution in [0.1, 0.15) is 37.6 Å². The number of para-hydroxylation sites is 1. The first kappa shape index (κ1) is 21.1. The molecule has 2 aromatic carbocycles. The number of aromatic nitrogens is 3. The minimum absolute atomic E-state index is 0.0566. The van der Waals surface area contributed by atoms with E-state index in [4.69, 9.17) is 4.74 Å². The summed E-state index contributed by atoms with van der Waals surface area (Å²) >= 11 is 1.30. The standard InChI is InChI=1S/C23H24N4O3S/c1-5-19(28)26-17-10-8-7-9-16(17)20-21(29)24-23(31-4)25-27(20)22(26)15-11-12-18(30-6-2)14(3)13-15/h7-13,22H,5-6H2,1-4H3. The predicted molar refractivity (Wildman–Crippen MR) is 117 cm³/mol. The van der Waals surface area contributed by atoms with Gasteiger partial charge in [-0.25, -0.2) is 9.88 Å². The normalized spacial score (nSPS) is 14.7. The largest absolute Gasteiger partial charge is 0.854 e. The van der Waals surface area contributed by atoms with Crippen LogP contribution in [0.4, 0.5) is 5.69 Å². The van der Waals surface area contributed by atoms with Gasteiger partial charge in [0, 0.05) is 17.1 Å². The molecule has 7 nitrogen and oxygen atoms in total. The van der Waals surface area contributed by atoms with E-state index in [-0.39, 0.29) is 11.8 Å². The Kier molecular flexibility index (Phi) is 5.82. The number of hydrogen-bond donors (Lipinski definition) is 0. The number of anilines is 1. The third kappa shape index (κ3) is 3.61. The molecule has 160 valence electrons. The average molecular weight is 437 g/mol. The van der Waals surface area contributed by atoms with Gasteiger partial charge in [0.25, 0.3) is 17.0 Å². The molecule has 1 amide bonds. The van der Waals surface area contributed by atoms with Crippen LogP contribution < -0.4 is 19.4 Å². The van der Waals surface area contributed by atoms with Crippen LogP contribution >= 0.6 is 11.8 Å². The second kappa shape index (κ2) is 8.55. The van der Waals surface area contributed by atoms with Gasteiger partial charge in [0.15, 0.2) is 0 Å². The number of aryl methyl sites for hydroxylation is 1. The highest BCUT2D eigenvalue weighted by Gasteiger charge is 2.44. The van der Waals surface area contributed by atoms with Crippen molar-refractivity contribution in [3.63, 3.8) is 0 Å². The quantitative estimate of drug-likeness (QED) is 0.451. The molecule has 1 unspecified atom stereocenters. The first-order valence-electron chi connectivity index (χ1n) is 10.2. The summed E-state index contributed by atoms with van der Waals surface area (Å²) in [5.41, 5.74) is 3.51. The summed E-state index contributed by atoms with van der Waals surface area (Å²) in [6, 6.07) is 13.2. The topological polar surface area (TPSA) is 82.3 Å². The zero-order chi connectivity index (χ0) is 22.1. The number of nitrogens with zero attached hydrogens (tertiary/aromatic N) is 4. The number of carbonyl (C=O) groups is 1. The van der Waals surface area contributed by atoms with E-state index in [1.165, 1.54) is 11.8 Å². The van der Waals surface area contributed by atoms with Gasteiger partial charge in [0.05, 0.1) is 23.7 Å². The van der Waals surface area contributed by atoms with Gasteiger partial charge in [-0.05, 0) is 56.0 Å². The molecule has 0 aliphatic carbocycles. The Morgan fingerprint density at radius 2 is 2.03 bits per heavy atom. The lowest BCUT2D eigenvalue weighted by Gasteiger charge is -2.33. The third-order valence-electron chi connectivity index (χ3n) is 5.27. The molecule has 0 bridgehead atoms. The Hall–Kier alpha value is -3.13. The zero-order valence-electron chi connectivity index (χ0n) is 18.0. The van der Waals surface area contributed by atoms with Crippen molar-refractivity contribution in [2.24, 2.45) is 0 Å². The van der Waals surface area contributed by atoms with E-state index in [2.05, 4.69) is 10.1 Å². The highest BCUT2D eigenvalue weighted by Crippen LogP contribution is 2.41. The van der Waals surface area contributed by atoms with Gasteiger partial charge in [0.1, 0.15) is 5.75 Å². The van der Waals surface area contributed by atoms with Crippen LogP contribution in [-0.4, -0.2) is 28.9 Å². The van der Waals surface area contributed by atoms with Gasteiger partial charge in [-0.3, -0.25) is 4.79 Å². The first-order valence-corrected chi connectivity index (χ1v) is 11.4. The summed E-state index contributed by atoms with van der Waals surface area (Å²) in [4.78, 5) is 19.0. The number of carbonyl (C=O) groups excluding carboxylic acids is 1. The lowest BCUT2D eigenvalue weighted by Crippen LogP contribution is -2.59. The van der Waals surface area contributed by atoms with Crippen molar-refractivity contribution in [1.82, 2.24) is 10.1 Å². The minimum atomic E-state index is -0.603. The van der Waals surface area contributed by atoms with Crippen molar-refractivity contribution < 1.29 is 19.3 Å². The summed E-state index contributed by atoms with van der Waals surface area (Å²) in [6.07, 6.45) is 1.54. The van der Waals surface area contributed by atoms with Crippen LogP contribution in [0.15, 0.2) is 47.6 Å². The summed E-state index contributed by atoms with van der Waals surface area (Å²) in [5.74, 6) is 0.375. The number of amides is 1. The zero-order valence-corrected chi connectivity index (χ0v) is 18.8. The Labute approximate surface area is 185 Å². The number of thioether (sulfide) groups is 1. The van der Waals surface area contributed by atoms with Gasteiger partial charge in [0.2, 0.25) is 5.91 Å². The van der Waals surface area contributed by atoms with Crippen molar-refractivity contribution in [1.29, 1.82) is 0 Å². The number of ether oxygens (including phenoxy) is 1. The molecule has 0 fully saturated rings. The van der Waals surface area contributed by atoms with E-state index < -0.39 is 6.17 Å². The van der Waals surface area contributed by atoms with Crippen LogP contribution in [0, 0.1) is 6.92 Å². The lowest BCUT2D eigenvalue weighted by atomic mass is 9.99. The van der Waals surface area contributed by atoms with E-state index in [9.17, 15) is 9.90 Å². The van der Waals surface area contributed by atoms with Gasteiger partial charge >= 0.3 is 0 Å². The van der Waals surface area contributed by atoms with Gasteiger partial charge < -0.3 is 9.84 Å². The molecule has 4 rings (SSSR count). The first-order chi connectivity index (χ1) is 15.0. The van der Waals surface area contributed by atoms with Gasteiger partial charge in [-0.2, -0.15) is 0 Å². The van der Waals surface area contributed by atoms with Crippen molar-refractivity contribution in [2.45, 2.75) is 38.5 Å². The summed E-state index contributed by atoms with van der Waals surface area (Å²) in [5, 5.41) is 18.0. The van der Waals surface area contributed by atoms with Crippen molar-refractivity contribution in [3.8, 4) is 22.9 Å². The third-order valence-corrected chi connectivity index (χ3v) is 5.81. The van der Waals surface area contributed by atoms with E-state index in [1.54, 1.807) is 9.58 Å². The van der Waals surface area contributed by atoms with Gasteiger partial charge in [-0.15, -0.1) is 0 Å². The van der Waals surface area contributed by atoms with E-state index in [1.807, 2.05) is 69.5 Å². The molecule has 1 aromatic heterocycles. The molecule has 1 atom stereocenters. The van der Waals surface area contributed by atoms with E-state index >= 15 is 0 Å². The second-order valence-electron chi connectivity index (χ2n) is 7.16. The lowest BCUT2D eigenvalue weighted by molar-refractivity contribution is -0.764. The Balaban J connectivity index is 2.01. The molecule has 8 heteroatoms. The molecule has 0 spiro atoms. The molecular weight excluding hydrogens is 412 g/mol. The number of benzene rings is 2. The average Bonchev–Trinajstić information content (AvgIpc) is 2.78. The Morgan fingerprint density at radius 1 is 1.26 bits per heavy atom. The van der Waals surface area contributed by atoms with Crippen molar-refractivity contribution in [2.75, 3.05) is 17.8 Å². The minimum Gasteiger partial charge on any atom is -0.854 e. The predicted octanol–water partition coefficient (Wildman–Crippen LogP) is 3.24. The van der Waals surface area contributed by atoms with Crippen LogP contribution in [0.3, 0.4) is 0 Å². The Bertz CT molecular complexity index is 1150. The molecular formula is C23H24N4O3S. The molecule has 3 aromatic rings. The SMILES string of the molecule is CCOc1ccc(C2N(C(=O)CC)c3ccccc3-c3c([O-])nc(SC)n[n+]32)cc1C. The fourth-order valence-corrected chi connectivity index (χ4v) is 4.26. The van der Waals surface area contributed by atoms with Crippen LogP contribution in [-0.2, 0) is 4.79 Å². The number of rotatable bonds is 5. The highest BCUT2D eigenvalue weighted by molar-refractivity contribution is 7.98. The molecule has 31 heavy (non-hydrogen) atoms. The molecule has 1 aliphatic heterocycles. The second-order valence-corrected chi connectivity index (χ2v) is 7.94. The summed E-state index contributed by atoms with van der Waals surface area (Å²) in [6.45, 7) is 6.31. The molecule has 0 saturated carbocycles.